The highest BCUT2D eigenvalue weighted by Crippen LogP contribution is 2.27. The minimum absolute atomic E-state index is 0.0596. The number of hydrogen-bond acceptors (Lipinski definition) is 3. The molecule has 0 aliphatic carbocycles. The Morgan fingerprint density at radius 2 is 1.73 bits per heavy atom. The van der Waals surface area contributed by atoms with E-state index in [4.69, 9.17) is 0 Å². The van der Waals surface area contributed by atoms with Gasteiger partial charge in [0.25, 0.3) is 0 Å². The summed E-state index contributed by atoms with van der Waals surface area (Å²) in [6.45, 7) is 7.65. The van der Waals surface area contributed by atoms with Crippen LogP contribution in [0.15, 0.2) is 24.3 Å². The Kier molecular flexibility index (Phi) is 6.93. The molecule has 1 aromatic rings. The number of nitrogens with one attached hydrogen (secondary N) is 1. The fourth-order valence-corrected chi connectivity index (χ4v) is 5.25. The Morgan fingerprint density at radius 1 is 0.967 bits per heavy atom. The van der Waals surface area contributed by atoms with Crippen molar-refractivity contribution in [3.63, 3.8) is 0 Å². The number of urea groups is 1. The molecule has 3 aliphatic heterocycles. The summed E-state index contributed by atoms with van der Waals surface area (Å²) in [5.74, 6) is 0.392. The van der Waals surface area contributed by atoms with Gasteiger partial charge in [-0.15, -0.1) is 0 Å². The van der Waals surface area contributed by atoms with E-state index in [9.17, 15) is 9.59 Å². The van der Waals surface area contributed by atoms with E-state index in [-0.39, 0.29) is 11.9 Å². The number of likely N-dealkylation sites (tertiary alicyclic amines) is 3. The van der Waals surface area contributed by atoms with Crippen LogP contribution in [0.2, 0.25) is 0 Å². The highest BCUT2D eigenvalue weighted by molar-refractivity contribution is 5.89. The zero-order valence-corrected chi connectivity index (χ0v) is 18.3. The van der Waals surface area contributed by atoms with Gasteiger partial charge in [-0.25, -0.2) is 4.79 Å². The number of anilines is 1. The Morgan fingerprint density at radius 3 is 2.47 bits per heavy atom. The quantitative estimate of drug-likeness (QED) is 0.820. The van der Waals surface area contributed by atoms with E-state index < -0.39 is 0 Å². The summed E-state index contributed by atoms with van der Waals surface area (Å²) in [5, 5.41) is 2.99. The summed E-state index contributed by atoms with van der Waals surface area (Å²) < 4.78 is 0. The zero-order valence-electron chi connectivity index (χ0n) is 18.3. The third kappa shape index (κ3) is 5.15. The second-order valence-corrected chi connectivity index (χ2v) is 9.25. The van der Waals surface area contributed by atoms with Crippen molar-refractivity contribution in [1.29, 1.82) is 0 Å². The highest BCUT2D eigenvalue weighted by atomic mass is 16.2. The molecule has 0 saturated carbocycles. The summed E-state index contributed by atoms with van der Waals surface area (Å²) in [4.78, 5) is 32.4. The van der Waals surface area contributed by atoms with Crippen molar-refractivity contribution in [2.24, 2.45) is 5.92 Å². The van der Waals surface area contributed by atoms with Crippen molar-refractivity contribution >= 4 is 17.6 Å². The molecule has 3 aliphatic rings. The summed E-state index contributed by atoms with van der Waals surface area (Å²) in [7, 11) is 0. The molecule has 30 heavy (non-hydrogen) atoms. The molecule has 0 aromatic heterocycles. The maximum atomic E-state index is 13.2. The fourth-order valence-electron chi connectivity index (χ4n) is 5.25. The number of aryl methyl sites for hydroxylation is 1. The SMILES string of the molecule is Cc1cccc(NC(=O)N2CCC(C(=O)N3CCCC3CN3CCCCC3)CC2)c1. The summed E-state index contributed by atoms with van der Waals surface area (Å²) in [5.41, 5.74) is 1.96. The molecule has 1 N–H and O–H groups in total. The monoisotopic (exact) mass is 412 g/mol. The average Bonchev–Trinajstić information content (AvgIpc) is 3.22. The lowest BCUT2D eigenvalue weighted by Gasteiger charge is -2.37. The molecule has 0 bridgehead atoms. The van der Waals surface area contributed by atoms with Gasteiger partial charge in [-0.2, -0.15) is 0 Å². The third-order valence-electron chi connectivity index (χ3n) is 6.98. The predicted molar refractivity (Wildman–Crippen MR) is 120 cm³/mol. The first-order chi connectivity index (χ1) is 14.6. The van der Waals surface area contributed by atoms with E-state index in [1.807, 2.05) is 36.1 Å². The van der Waals surface area contributed by atoms with Crippen LogP contribution in [0.1, 0.15) is 50.5 Å². The van der Waals surface area contributed by atoms with Crippen molar-refractivity contribution < 1.29 is 9.59 Å². The zero-order chi connectivity index (χ0) is 20.9. The molecule has 3 heterocycles. The molecule has 3 saturated heterocycles. The lowest BCUT2D eigenvalue weighted by molar-refractivity contribution is -0.138. The van der Waals surface area contributed by atoms with E-state index in [1.54, 1.807) is 0 Å². The normalized spacial score (nSPS) is 23.6. The lowest BCUT2D eigenvalue weighted by atomic mass is 9.95. The number of rotatable bonds is 4. The van der Waals surface area contributed by atoms with Crippen molar-refractivity contribution in [3.8, 4) is 0 Å². The Hall–Kier alpha value is -2.08. The molecule has 1 atom stereocenters. The van der Waals surface area contributed by atoms with Crippen LogP contribution in [0.5, 0.6) is 0 Å². The molecule has 3 amide bonds. The van der Waals surface area contributed by atoms with Crippen molar-refractivity contribution in [2.75, 3.05) is 44.6 Å². The van der Waals surface area contributed by atoms with Crippen molar-refractivity contribution in [3.05, 3.63) is 29.8 Å². The number of carbonyl (C=O) groups is 2. The first-order valence-corrected chi connectivity index (χ1v) is 11.8. The second-order valence-electron chi connectivity index (χ2n) is 9.25. The first kappa shape index (κ1) is 21.2. The van der Waals surface area contributed by atoms with E-state index in [2.05, 4.69) is 15.1 Å². The van der Waals surface area contributed by atoms with Gasteiger partial charge in [-0.1, -0.05) is 18.6 Å². The van der Waals surface area contributed by atoms with Gasteiger partial charge < -0.3 is 20.0 Å². The van der Waals surface area contributed by atoms with Gasteiger partial charge in [0, 0.05) is 43.8 Å². The van der Waals surface area contributed by atoms with Gasteiger partial charge in [-0.05, 0) is 76.2 Å². The van der Waals surface area contributed by atoms with Crippen molar-refractivity contribution in [2.45, 2.75) is 57.9 Å². The number of benzene rings is 1. The Labute approximate surface area is 180 Å². The lowest BCUT2D eigenvalue weighted by Crippen LogP contribution is -2.49. The molecule has 6 heteroatoms. The maximum Gasteiger partial charge on any atom is 0.321 e. The molecule has 6 nitrogen and oxygen atoms in total. The minimum atomic E-state index is -0.0596. The van der Waals surface area contributed by atoms with Crippen LogP contribution in [0.3, 0.4) is 0 Å². The van der Waals surface area contributed by atoms with Crippen LogP contribution in [-0.4, -0.2) is 71.9 Å². The molecule has 3 fully saturated rings. The number of carbonyl (C=O) groups excluding carboxylic acids is 2. The molecule has 164 valence electrons. The van der Waals surface area contributed by atoms with Crippen LogP contribution in [0, 0.1) is 12.8 Å². The Bertz CT molecular complexity index is 738. The molecule has 0 radical (unpaired) electrons. The number of hydrogen-bond donors (Lipinski definition) is 1. The predicted octanol–water partition coefficient (Wildman–Crippen LogP) is 3.72. The van der Waals surface area contributed by atoms with E-state index >= 15 is 0 Å². The molecule has 4 rings (SSSR count). The van der Waals surface area contributed by atoms with Gasteiger partial charge >= 0.3 is 6.03 Å². The average molecular weight is 413 g/mol. The smallest absolute Gasteiger partial charge is 0.321 e. The summed E-state index contributed by atoms with van der Waals surface area (Å²) >= 11 is 0. The highest BCUT2D eigenvalue weighted by Gasteiger charge is 2.36. The van der Waals surface area contributed by atoms with Crippen LogP contribution < -0.4 is 5.32 Å². The van der Waals surface area contributed by atoms with Crippen LogP contribution in [0.4, 0.5) is 10.5 Å². The molecule has 0 spiro atoms. The molecule has 1 aromatic carbocycles. The van der Waals surface area contributed by atoms with Crippen LogP contribution in [-0.2, 0) is 4.79 Å². The number of amides is 3. The topological polar surface area (TPSA) is 55.9 Å². The number of piperidine rings is 2. The van der Waals surface area contributed by atoms with Gasteiger partial charge in [0.1, 0.15) is 0 Å². The summed E-state index contributed by atoms with van der Waals surface area (Å²) in [6.07, 6.45) is 7.75. The van der Waals surface area contributed by atoms with Crippen LogP contribution in [0.25, 0.3) is 0 Å². The largest absolute Gasteiger partial charge is 0.338 e. The van der Waals surface area contributed by atoms with Gasteiger partial charge in [0.2, 0.25) is 5.91 Å². The van der Waals surface area contributed by atoms with Crippen molar-refractivity contribution in [1.82, 2.24) is 14.7 Å². The van der Waals surface area contributed by atoms with E-state index in [0.29, 0.717) is 25.0 Å². The first-order valence-electron chi connectivity index (χ1n) is 11.8. The van der Waals surface area contributed by atoms with Gasteiger partial charge in [0.15, 0.2) is 0 Å². The molecular weight excluding hydrogens is 376 g/mol. The maximum absolute atomic E-state index is 13.2. The minimum Gasteiger partial charge on any atom is -0.338 e. The summed E-state index contributed by atoms with van der Waals surface area (Å²) in [6, 6.07) is 8.19. The second kappa shape index (κ2) is 9.82. The van der Waals surface area contributed by atoms with Crippen LogP contribution >= 0.6 is 0 Å². The van der Waals surface area contributed by atoms with Gasteiger partial charge in [-0.3, -0.25) is 4.79 Å². The number of nitrogens with zero attached hydrogens (tertiary/aromatic N) is 3. The van der Waals surface area contributed by atoms with E-state index in [1.165, 1.54) is 32.4 Å². The molecule has 1 unspecified atom stereocenters. The Balaban J connectivity index is 1.26. The standard InChI is InChI=1S/C24H36N4O2/c1-19-7-5-8-21(17-19)25-24(30)27-15-10-20(11-16-27)23(29)28-14-6-9-22(28)18-26-12-3-2-4-13-26/h5,7-8,17,20,22H,2-4,6,9-16,18H2,1H3,(H,25,30). The van der Waals surface area contributed by atoms with Gasteiger partial charge in [0.05, 0.1) is 0 Å². The third-order valence-corrected chi connectivity index (χ3v) is 6.98. The fraction of sp³-hybridized carbons (Fsp3) is 0.667. The molecular formula is C24H36N4O2. The van der Waals surface area contributed by atoms with E-state index in [0.717, 1.165) is 50.0 Å².